The zero-order valence-corrected chi connectivity index (χ0v) is 18.0. The monoisotopic (exact) mass is 434 g/mol. The molecule has 1 amide bonds. The van der Waals surface area contributed by atoms with Crippen molar-refractivity contribution in [3.63, 3.8) is 0 Å². The van der Waals surface area contributed by atoms with Gasteiger partial charge in [-0.15, -0.1) is 0 Å². The van der Waals surface area contributed by atoms with Crippen LogP contribution in [0, 0.1) is 0 Å². The van der Waals surface area contributed by atoms with Crippen molar-refractivity contribution < 1.29 is 4.79 Å². The molecular formula is C26H22N6O. The number of hydrogen-bond acceptors (Lipinski definition) is 5. The molecule has 2 aromatic heterocycles. The van der Waals surface area contributed by atoms with Crippen LogP contribution in [0.5, 0.6) is 0 Å². The van der Waals surface area contributed by atoms with E-state index in [9.17, 15) is 4.79 Å². The van der Waals surface area contributed by atoms with Crippen molar-refractivity contribution in [3.05, 3.63) is 109 Å². The Morgan fingerprint density at radius 1 is 0.939 bits per heavy atom. The van der Waals surface area contributed by atoms with Gasteiger partial charge in [0.15, 0.2) is 5.82 Å². The number of carbonyl (C=O) groups is 1. The zero-order chi connectivity index (χ0) is 22.6. The fourth-order valence-corrected chi connectivity index (χ4v) is 3.65. The minimum atomic E-state index is -0.165. The van der Waals surface area contributed by atoms with Gasteiger partial charge in [-0.2, -0.15) is 0 Å². The lowest BCUT2D eigenvalue weighted by molar-refractivity contribution is 0.102. The van der Waals surface area contributed by atoms with E-state index >= 15 is 0 Å². The molecule has 3 aromatic carbocycles. The predicted octanol–water partition coefficient (Wildman–Crippen LogP) is 5.24. The molecule has 0 bridgehead atoms. The van der Waals surface area contributed by atoms with E-state index < -0.39 is 0 Å². The Bertz CT molecular complexity index is 1400. The Labute approximate surface area is 191 Å². The van der Waals surface area contributed by atoms with Crippen LogP contribution in [-0.4, -0.2) is 25.4 Å². The highest BCUT2D eigenvalue weighted by atomic mass is 16.1. The SMILES string of the molecule is CC(Nc1cncc(-n2cnc3ccc(NC(=O)c4ccccc4)cc32)n1)c1ccccc1. The predicted molar refractivity (Wildman–Crippen MR) is 130 cm³/mol. The third-order valence-electron chi connectivity index (χ3n) is 5.37. The molecule has 7 heteroatoms. The number of hydrogen-bond donors (Lipinski definition) is 2. The minimum Gasteiger partial charge on any atom is -0.362 e. The average Bonchev–Trinajstić information content (AvgIpc) is 3.28. The van der Waals surface area contributed by atoms with Crippen molar-refractivity contribution in [3.8, 4) is 5.82 Å². The van der Waals surface area contributed by atoms with Gasteiger partial charge in [-0.25, -0.2) is 9.97 Å². The average molecular weight is 435 g/mol. The van der Waals surface area contributed by atoms with Gasteiger partial charge in [-0.05, 0) is 42.8 Å². The zero-order valence-electron chi connectivity index (χ0n) is 18.0. The molecule has 0 radical (unpaired) electrons. The number of amides is 1. The third kappa shape index (κ3) is 4.43. The number of anilines is 2. The van der Waals surface area contributed by atoms with E-state index in [4.69, 9.17) is 4.98 Å². The van der Waals surface area contributed by atoms with Gasteiger partial charge in [0.2, 0.25) is 0 Å². The van der Waals surface area contributed by atoms with E-state index in [1.165, 1.54) is 0 Å². The van der Waals surface area contributed by atoms with Crippen molar-refractivity contribution in [2.75, 3.05) is 10.6 Å². The molecular weight excluding hydrogens is 412 g/mol. The topological polar surface area (TPSA) is 84.7 Å². The summed E-state index contributed by atoms with van der Waals surface area (Å²) in [7, 11) is 0. The van der Waals surface area contributed by atoms with E-state index in [0.29, 0.717) is 22.9 Å². The molecule has 0 spiro atoms. The Balaban J connectivity index is 1.41. The Kier molecular flexibility index (Phi) is 5.51. The van der Waals surface area contributed by atoms with Crippen LogP contribution < -0.4 is 10.6 Å². The Hall–Kier alpha value is -4.52. The third-order valence-corrected chi connectivity index (χ3v) is 5.37. The first-order chi connectivity index (χ1) is 16.2. The first kappa shape index (κ1) is 20.4. The van der Waals surface area contributed by atoms with Gasteiger partial charge in [-0.3, -0.25) is 14.3 Å². The summed E-state index contributed by atoms with van der Waals surface area (Å²) < 4.78 is 1.86. The maximum absolute atomic E-state index is 12.5. The molecule has 0 saturated carbocycles. The maximum Gasteiger partial charge on any atom is 0.255 e. The van der Waals surface area contributed by atoms with Crippen molar-refractivity contribution >= 4 is 28.4 Å². The van der Waals surface area contributed by atoms with Gasteiger partial charge >= 0.3 is 0 Å². The normalized spacial score (nSPS) is 11.8. The van der Waals surface area contributed by atoms with Gasteiger partial charge in [0, 0.05) is 17.3 Å². The highest BCUT2D eigenvalue weighted by molar-refractivity contribution is 6.05. The summed E-state index contributed by atoms with van der Waals surface area (Å²) in [5.74, 6) is 1.13. The van der Waals surface area contributed by atoms with Crippen molar-refractivity contribution in [2.45, 2.75) is 13.0 Å². The molecule has 7 nitrogen and oxygen atoms in total. The van der Waals surface area contributed by atoms with E-state index in [1.807, 2.05) is 59.2 Å². The lowest BCUT2D eigenvalue weighted by Gasteiger charge is -2.15. The Morgan fingerprint density at radius 2 is 1.70 bits per heavy atom. The number of carbonyl (C=O) groups excluding carboxylic acids is 1. The van der Waals surface area contributed by atoms with E-state index in [2.05, 4.69) is 39.7 Å². The number of fused-ring (bicyclic) bond motifs is 1. The summed E-state index contributed by atoms with van der Waals surface area (Å²) >= 11 is 0. The van der Waals surface area contributed by atoms with Crippen LogP contribution in [0.15, 0.2) is 97.6 Å². The van der Waals surface area contributed by atoms with Gasteiger partial charge in [0.1, 0.15) is 12.1 Å². The van der Waals surface area contributed by atoms with Crippen molar-refractivity contribution in [1.82, 2.24) is 19.5 Å². The molecule has 1 unspecified atom stereocenters. The lowest BCUT2D eigenvalue weighted by atomic mass is 10.1. The first-order valence-electron chi connectivity index (χ1n) is 10.6. The highest BCUT2D eigenvalue weighted by Crippen LogP contribution is 2.23. The summed E-state index contributed by atoms with van der Waals surface area (Å²) in [6, 6.07) is 25.0. The Morgan fingerprint density at radius 3 is 2.48 bits per heavy atom. The second-order valence-electron chi connectivity index (χ2n) is 7.68. The van der Waals surface area contributed by atoms with Gasteiger partial charge < -0.3 is 10.6 Å². The molecule has 0 aliphatic heterocycles. The van der Waals surface area contributed by atoms with Crippen LogP contribution in [0.2, 0.25) is 0 Å². The molecule has 0 aliphatic carbocycles. The molecule has 2 N–H and O–H groups in total. The molecule has 5 rings (SSSR count). The van der Waals surface area contributed by atoms with Gasteiger partial charge in [0.05, 0.1) is 23.4 Å². The van der Waals surface area contributed by atoms with E-state index in [-0.39, 0.29) is 11.9 Å². The second kappa shape index (κ2) is 8.92. The minimum absolute atomic E-state index is 0.0788. The molecule has 5 aromatic rings. The molecule has 1 atom stereocenters. The standard InChI is InChI=1S/C26H22N6O/c1-18(19-8-4-2-5-9-19)29-24-15-27-16-25(31-24)32-17-28-22-13-12-21(14-23(22)32)30-26(33)20-10-6-3-7-11-20/h2-18H,1H3,(H,29,31)(H,30,33). The lowest BCUT2D eigenvalue weighted by Crippen LogP contribution is -2.11. The summed E-state index contributed by atoms with van der Waals surface area (Å²) in [6.45, 7) is 2.08. The molecule has 162 valence electrons. The molecule has 33 heavy (non-hydrogen) atoms. The summed E-state index contributed by atoms with van der Waals surface area (Å²) in [5, 5.41) is 6.35. The largest absolute Gasteiger partial charge is 0.362 e. The summed E-state index contributed by atoms with van der Waals surface area (Å²) in [5.41, 5.74) is 4.06. The maximum atomic E-state index is 12.5. The molecule has 0 fully saturated rings. The van der Waals surface area contributed by atoms with Crippen LogP contribution in [0.3, 0.4) is 0 Å². The summed E-state index contributed by atoms with van der Waals surface area (Å²) in [6.07, 6.45) is 5.10. The van der Waals surface area contributed by atoms with E-state index in [1.54, 1.807) is 30.9 Å². The number of benzene rings is 3. The summed E-state index contributed by atoms with van der Waals surface area (Å²) in [4.78, 5) is 26.1. The van der Waals surface area contributed by atoms with Crippen LogP contribution in [0.1, 0.15) is 28.9 Å². The highest BCUT2D eigenvalue weighted by Gasteiger charge is 2.12. The van der Waals surface area contributed by atoms with Crippen molar-refractivity contribution in [2.24, 2.45) is 0 Å². The fraction of sp³-hybridized carbons (Fsp3) is 0.0769. The van der Waals surface area contributed by atoms with Crippen molar-refractivity contribution in [1.29, 1.82) is 0 Å². The quantitative estimate of drug-likeness (QED) is 0.382. The smallest absolute Gasteiger partial charge is 0.255 e. The van der Waals surface area contributed by atoms with Crippen LogP contribution in [-0.2, 0) is 0 Å². The number of imidazole rings is 1. The number of nitrogens with zero attached hydrogens (tertiary/aromatic N) is 4. The fourth-order valence-electron chi connectivity index (χ4n) is 3.65. The molecule has 2 heterocycles. The first-order valence-corrected chi connectivity index (χ1v) is 10.6. The number of nitrogens with one attached hydrogen (secondary N) is 2. The number of rotatable bonds is 6. The van der Waals surface area contributed by atoms with E-state index in [0.717, 1.165) is 16.6 Å². The van der Waals surface area contributed by atoms with Gasteiger partial charge in [0.25, 0.3) is 5.91 Å². The number of aromatic nitrogens is 4. The molecule has 0 saturated heterocycles. The van der Waals surface area contributed by atoms with Crippen LogP contribution in [0.4, 0.5) is 11.5 Å². The molecule has 0 aliphatic rings. The van der Waals surface area contributed by atoms with Crippen LogP contribution >= 0.6 is 0 Å². The van der Waals surface area contributed by atoms with Crippen LogP contribution in [0.25, 0.3) is 16.9 Å². The second-order valence-corrected chi connectivity index (χ2v) is 7.68. The van der Waals surface area contributed by atoms with Gasteiger partial charge in [-0.1, -0.05) is 48.5 Å².